The minimum absolute atomic E-state index is 0.0955. The number of hydrogen-bond donors (Lipinski definition) is 2. The van der Waals surface area contributed by atoms with Gasteiger partial charge in [-0.15, -0.1) is 0 Å². The van der Waals surface area contributed by atoms with Crippen molar-refractivity contribution in [3.63, 3.8) is 0 Å². The molecule has 1 atom stereocenters. The molecule has 0 amide bonds. The highest BCUT2D eigenvalue weighted by Crippen LogP contribution is 2.04. The molecule has 0 saturated heterocycles. The second-order valence-corrected chi connectivity index (χ2v) is 4.48. The quantitative estimate of drug-likeness (QED) is 0.592. The largest absolute Gasteiger partial charge is 0.396 e. The van der Waals surface area contributed by atoms with Crippen LogP contribution in [0.5, 0.6) is 0 Å². The Bertz CT molecular complexity index is 98.9. The molecule has 0 aliphatic rings. The molecule has 0 bridgehead atoms. The Kier molecular flexibility index (Phi) is 19.8. The van der Waals surface area contributed by atoms with Crippen LogP contribution in [-0.2, 0) is 0 Å². The number of aliphatic hydroxyl groups is 2. The van der Waals surface area contributed by atoms with Gasteiger partial charge in [0.05, 0.1) is 6.10 Å². The predicted octanol–water partition coefficient (Wildman–Crippen LogP) is 3.90. The van der Waals surface area contributed by atoms with E-state index in [9.17, 15) is 0 Å². The van der Waals surface area contributed by atoms with E-state index in [4.69, 9.17) is 10.2 Å². The van der Waals surface area contributed by atoms with E-state index in [0.29, 0.717) is 6.61 Å². The van der Waals surface area contributed by atoms with Crippen LogP contribution in [0.1, 0.15) is 78.6 Å². The molecular weight excluding hydrogens is 200 g/mol. The highest BCUT2D eigenvalue weighted by atomic mass is 16.3. The Morgan fingerprint density at radius 1 is 0.812 bits per heavy atom. The number of aliphatic hydroxyl groups excluding tert-OH is 2. The molecule has 0 radical (unpaired) electrons. The lowest BCUT2D eigenvalue weighted by Gasteiger charge is -2.01. The Labute approximate surface area is 102 Å². The summed E-state index contributed by atoms with van der Waals surface area (Å²) in [5.41, 5.74) is 0. The Morgan fingerprint density at radius 2 is 1.31 bits per heavy atom. The second kappa shape index (κ2) is 17.3. The van der Waals surface area contributed by atoms with E-state index in [1.165, 1.54) is 44.9 Å². The molecule has 0 rings (SSSR count). The molecule has 16 heavy (non-hydrogen) atoms. The van der Waals surface area contributed by atoms with E-state index in [-0.39, 0.29) is 6.10 Å². The Hall–Kier alpha value is -0.0800. The second-order valence-electron chi connectivity index (χ2n) is 4.48. The first-order valence-electron chi connectivity index (χ1n) is 6.97. The van der Waals surface area contributed by atoms with E-state index >= 15 is 0 Å². The highest BCUT2D eigenvalue weighted by Gasteiger charge is 1.93. The molecule has 0 aromatic rings. The summed E-state index contributed by atoms with van der Waals surface area (Å²) in [7, 11) is 0. The van der Waals surface area contributed by atoms with Crippen LogP contribution in [0.4, 0.5) is 0 Å². The molecule has 0 aliphatic heterocycles. The average molecular weight is 232 g/mol. The maximum atomic E-state index is 8.85. The molecule has 0 aliphatic carbocycles. The maximum Gasteiger partial charge on any atom is 0.0512 e. The summed E-state index contributed by atoms with van der Waals surface area (Å²) in [4.78, 5) is 0. The maximum absolute atomic E-state index is 8.85. The third-order valence-electron chi connectivity index (χ3n) is 2.49. The van der Waals surface area contributed by atoms with Gasteiger partial charge in [0, 0.05) is 6.61 Å². The van der Waals surface area contributed by atoms with Crippen molar-refractivity contribution in [3.05, 3.63) is 0 Å². The fourth-order valence-electron chi connectivity index (χ4n) is 1.41. The zero-order chi connectivity index (χ0) is 12.6. The van der Waals surface area contributed by atoms with Crippen molar-refractivity contribution < 1.29 is 10.2 Å². The average Bonchev–Trinajstić information content (AvgIpc) is 2.26. The molecule has 2 N–H and O–H groups in total. The third kappa shape index (κ3) is 23.6. The Balaban J connectivity index is 0. The van der Waals surface area contributed by atoms with Crippen LogP contribution < -0.4 is 0 Å². The van der Waals surface area contributed by atoms with Crippen LogP contribution in [0.25, 0.3) is 0 Å². The van der Waals surface area contributed by atoms with Gasteiger partial charge in [-0.05, 0) is 19.8 Å². The van der Waals surface area contributed by atoms with Crippen LogP contribution in [0.3, 0.4) is 0 Å². The summed E-state index contributed by atoms with van der Waals surface area (Å²) >= 11 is 0. The van der Waals surface area contributed by atoms with Crippen LogP contribution in [0.2, 0.25) is 0 Å². The monoisotopic (exact) mass is 232 g/mol. The molecular formula is C14H32O2. The van der Waals surface area contributed by atoms with Gasteiger partial charge in [0.1, 0.15) is 0 Å². The van der Waals surface area contributed by atoms with Crippen LogP contribution in [0.15, 0.2) is 0 Å². The molecule has 2 nitrogen and oxygen atoms in total. The molecule has 100 valence electrons. The van der Waals surface area contributed by atoms with Gasteiger partial charge in [0.2, 0.25) is 0 Å². The number of hydrogen-bond acceptors (Lipinski definition) is 2. The van der Waals surface area contributed by atoms with Gasteiger partial charge >= 0.3 is 0 Å². The van der Waals surface area contributed by atoms with Gasteiger partial charge in [-0.25, -0.2) is 0 Å². The van der Waals surface area contributed by atoms with Crippen molar-refractivity contribution in [2.24, 2.45) is 0 Å². The molecule has 0 spiro atoms. The summed E-state index contributed by atoms with van der Waals surface area (Å²) in [6.45, 7) is 6.58. The lowest BCUT2D eigenvalue weighted by Crippen LogP contribution is -1.97. The van der Waals surface area contributed by atoms with Gasteiger partial charge in [-0.3, -0.25) is 0 Å². The molecule has 2 heteroatoms. The van der Waals surface area contributed by atoms with Gasteiger partial charge < -0.3 is 10.2 Å². The molecule has 0 heterocycles. The smallest absolute Gasteiger partial charge is 0.0512 e. The zero-order valence-electron chi connectivity index (χ0n) is 11.5. The number of unbranched alkanes of at least 4 members (excludes halogenated alkanes) is 6. The predicted molar refractivity (Wildman–Crippen MR) is 71.7 cm³/mol. The van der Waals surface area contributed by atoms with E-state index in [1.54, 1.807) is 0 Å². The van der Waals surface area contributed by atoms with Crippen LogP contribution >= 0.6 is 0 Å². The van der Waals surface area contributed by atoms with Crippen molar-refractivity contribution in [3.8, 4) is 0 Å². The fraction of sp³-hybridized carbons (Fsp3) is 1.00. The van der Waals surface area contributed by atoms with Crippen molar-refractivity contribution in [1.29, 1.82) is 0 Å². The summed E-state index contributed by atoms with van der Waals surface area (Å²) in [5.74, 6) is 0. The minimum Gasteiger partial charge on any atom is -0.396 e. The first kappa shape index (κ1) is 18.3. The SMILES string of the molecule is CCCCCCC(C)O.CCCCCCO. The summed E-state index contributed by atoms with van der Waals surface area (Å²) in [6, 6.07) is 0. The van der Waals surface area contributed by atoms with Crippen LogP contribution in [-0.4, -0.2) is 22.9 Å². The molecule has 0 aromatic heterocycles. The van der Waals surface area contributed by atoms with E-state index in [1.807, 2.05) is 6.92 Å². The van der Waals surface area contributed by atoms with Gasteiger partial charge in [-0.2, -0.15) is 0 Å². The highest BCUT2D eigenvalue weighted by molar-refractivity contribution is 4.47. The van der Waals surface area contributed by atoms with Crippen molar-refractivity contribution in [1.82, 2.24) is 0 Å². The van der Waals surface area contributed by atoms with Gasteiger partial charge in [-0.1, -0.05) is 58.8 Å². The van der Waals surface area contributed by atoms with Crippen LogP contribution in [0, 0.1) is 0 Å². The summed E-state index contributed by atoms with van der Waals surface area (Å²) in [5, 5.41) is 17.1. The van der Waals surface area contributed by atoms with Gasteiger partial charge in [0.25, 0.3) is 0 Å². The lowest BCUT2D eigenvalue weighted by atomic mass is 10.1. The first-order chi connectivity index (χ1) is 7.68. The van der Waals surface area contributed by atoms with E-state index in [2.05, 4.69) is 13.8 Å². The molecule has 0 fully saturated rings. The Morgan fingerprint density at radius 3 is 1.69 bits per heavy atom. The first-order valence-corrected chi connectivity index (χ1v) is 6.97. The number of rotatable bonds is 9. The summed E-state index contributed by atoms with van der Waals surface area (Å²) in [6.07, 6.45) is 10.6. The zero-order valence-corrected chi connectivity index (χ0v) is 11.5. The summed E-state index contributed by atoms with van der Waals surface area (Å²) < 4.78 is 0. The topological polar surface area (TPSA) is 40.5 Å². The van der Waals surface area contributed by atoms with E-state index < -0.39 is 0 Å². The normalized spacial score (nSPS) is 11.8. The van der Waals surface area contributed by atoms with Gasteiger partial charge in [0.15, 0.2) is 0 Å². The van der Waals surface area contributed by atoms with E-state index in [0.717, 1.165) is 12.8 Å². The molecule has 0 aromatic carbocycles. The molecule has 1 unspecified atom stereocenters. The fourth-order valence-corrected chi connectivity index (χ4v) is 1.41. The minimum atomic E-state index is -0.0955. The third-order valence-corrected chi connectivity index (χ3v) is 2.49. The van der Waals surface area contributed by atoms with Crippen molar-refractivity contribution in [2.45, 2.75) is 84.7 Å². The standard InChI is InChI=1S/C8H18O.C6H14O/c1-3-4-5-6-7-8(2)9;1-2-3-4-5-6-7/h8-9H,3-7H2,1-2H3;7H,2-6H2,1H3. The van der Waals surface area contributed by atoms with Crippen molar-refractivity contribution >= 4 is 0 Å². The molecule has 0 saturated carbocycles. The van der Waals surface area contributed by atoms with Crippen molar-refractivity contribution in [2.75, 3.05) is 6.61 Å². The lowest BCUT2D eigenvalue weighted by molar-refractivity contribution is 0.180.